The molecule has 2 aliphatic heterocycles. The van der Waals surface area contributed by atoms with Crippen molar-refractivity contribution in [1.82, 2.24) is 0 Å². The molecule has 0 radical (unpaired) electrons. The zero-order chi connectivity index (χ0) is 33.5. The summed E-state index contributed by atoms with van der Waals surface area (Å²) >= 11 is 3.76. The van der Waals surface area contributed by atoms with Crippen LogP contribution in [0.3, 0.4) is 0 Å². The maximum Gasteiger partial charge on any atom is 0.252 e. The van der Waals surface area contributed by atoms with E-state index < -0.39 is 0 Å². The highest BCUT2D eigenvalue weighted by Crippen LogP contribution is 2.54. The molecule has 0 bridgehead atoms. The SMILES string of the molecule is c1ccc(-c2sc3ccccc3c2N2c3ccccc3B3c4ccccc4N(c4c(-c5ccccc5)sc5ccccc45)c4cccc2c43)cc1. The van der Waals surface area contributed by atoms with Crippen LogP contribution >= 0.6 is 22.7 Å². The molecule has 0 saturated heterocycles. The van der Waals surface area contributed by atoms with Crippen LogP contribution in [0.1, 0.15) is 0 Å². The van der Waals surface area contributed by atoms with Gasteiger partial charge in [-0.15, -0.1) is 22.7 Å². The Morgan fingerprint density at radius 1 is 0.353 bits per heavy atom. The number of nitrogens with zero attached hydrogens (tertiary/aromatic N) is 2. The minimum absolute atomic E-state index is 0.0891. The first-order valence-electron chi connectivity index (χ1n) is 17.4. The topological polar surface area (TPSA) is 6.48 Å². The Hall–Kier alpha value is -5.88. The van der Waals surface area contributed by atoms with Gasteiger partial charge < -0.3 is 9.80 Å². The quantitative estimate of drug-likeness (QED) is 0.170. The molecular weight excluding hydrogens is 655 g/mol. The van der Waals surface area contributed by atoms with Crippen molar-refractivity contribution in [3.8, 4) is 20.9 Å². The summed E-state index contributed by atoms with van der Waals surface area (Å²) in [5.41, 5.74) is 13.9. The highest BCUT2D eigenvalue weighted by atomic mass is 32.1. The summed E-state index contributed by atoms with van der Waals surface area (Å²) in [7, 11) is 0. The third-order valence-electron chi connectivity index (χ3n) is 10.5. The minimum atomic E-state index is 0.0891. The first-order chi connectivity index (χ1) is 25.3. The molecule has 0 fully saturated rings. The van der Waals surface area contributed by atoms with Crippen LogP contribution in [0.15, 0.2) is 176 Å². The Morgan fingerprint density at radius 3 is 1.24 bits per heavy atom. The molecule has 0 amide bonds. The van der Waals surface area contributed by atoms with E-state index in [1.165, 1.54) is 91.6 Å². The predicted octanol–water partition coefficient (Wildman–Crippen LogP) is 11.5. The van der Waals surface area contributed by atoms with Crippen LogP contribution in [-0.2, 0) is 0 Å². The standard InChI is InChI=1S/C46H29BN2S2/c1-3-16-30(17-4-1)45-43(32-20-7-13-28-40(32)50-45)48-36-24-11-9-22-34(36)47-35-23-10-12-25-37(35)49(39-27-15-26-38(48)42(39)47)44-33-21-8-14-29-41(33)51-46(44)31-18-5-2-6-19-31/h1-29H. The van der Waals surface area contributed by atoms with Gasteiger partial charge in [-0.25, -0.2) is 0 Å². The summed E-state index contributed by atoms with van der Waals surface area (Å²) < 4.78 is 2.58. The molecule has 0 aliphatic carbocycles. The highest BCUT2D eigenvalue weighted by molar-refractivity contribution is 7.23. The van der Waals surface area contributed by atoms with E-state index >= 15 is 0 Å². The maximum absolute atomic E-state index is 2.57. The van der Waals surface area contributed by atoms with E-state index in [0.29, 0.717) is 0 Å². The Kier molecular flexibility index (Phi) is 6.42. The third-order valence-corrected chi connectivity index (χ3v) is 12.9. The van der Waals surface area contributed by atoms with E-state index in [-0.39, 0.29) is 6.71 Å². The molecule has 238 valence electrons. The van der Waals surface area contributed by atoms with Gasteiger partial charge in [-0.05, 0) is 63.9 Å². The number of anilines is 6. The lowest BCUT2D eigenvalue weighted by Crippen LogP contribution is -2.61. The molecule has 9 aromatic rings. The molecule has 0 unspecified atom stereocenters. The van der Waals surface area contributed by atoms with Crippen molar-refractivity contribution in [2.45, 2.75) is 0 Å². The van der Waals surface area contributed by atoms with Gasteiger partial charge in [0.05, 0.1) is 21.1 Å². The monoisotopic (exact) mass is 684 g/mol. The molecule has 0 saturated carbocycles. The average Bonchev–Trinajstić information content (AvgIpc) is 3.78. The van der Waals surface area contributed by atoms with E-state index in [1.807, 2.05) is 22.7 Å². The predicted molar refractivity (Wildman–Crippen MR) is 222 cm³/mol. The Labute approximate surface area is 305 Å². The summed E-state index contributed by atoms with van der Waals surface area (Å²) in [6.45, 7) is 0.0891. The summed E-state index contributed by atoms with van der Waals surface area (Å²) in [6, 6.07) is 64.7. The Bertz CT molecular complexity index is 2600. The van der Waals surface area contributed by atoms with Crippen LogP contribution in [0.5, 0.6) is 0 Å². The maximum atomic E-state index is 2.57. The van der Waals surface area contributed by atoms with Gasteiger partial charge in [-0.3, -0.25) is 0 Å². The van der Waals surface area contributed by atoms with Crippen molar-refractivity contribution in [2.24, 2.45) is 0 Å². The number of hydrogen-bond donors (Lipinski definition) is 0. The summed E-state index contributed by atoms with van der Waals surface area (Å²) in [5, 5.41) is 2.55. The van der Waals surface area contributed by atoms with E-state index in [0.717, 1.165) is 0 Å². The molecular formula is C46H29BN2S2. The van der Waals surface area contributed by atoms with Crippen LogP contribution in [-0.4, -0.2) is 6.71 Å². The fraction of sp³-hybridized carbons (Fsp3) is 0. The fourth-order valence-electron chi connectivity index (χ4n) is 8.40. The molecule has 0 spiro atoms. The molecule has 7 aromatic carbocycles. The normalized spacial score (nSPS) is 13.0. The van der Waals surface area contributed by atoms with Crippen LogP contribution in [0.2, 0.25) is 0 Å². The van der Waals surface area contributed by atoms with Crippen molar-refractivity contribution in [3.05, 3.63) is 176 Å². The van der Waals surface area contributed by atoms with Crippen LogP contribution < -0.4 is 26.2 Å². The van der Waals surface area contributed by atoms with E-state index in [9.17, 15) is 0 Å². The number of thiophene rings is 2. The number of fused-ring (bicyclic) bond motifs is 6. The van der Waals surface area contributed by atoms with Crippen molar-refractivity contribution < 1.29 is 0 Å². The minimum Gasteiger partial charge on any atom is -0.309 e. The molecule has 51 heavy (non-hydrogen) atoms. The van der Waals surface area contributed by atoms with Gasteiger partial charge in [0.15, 0.2) is 0 Å². The highest BCUT2D eigenvalue weighted by Gasteiger charge is 2.44. The van der Waals surface area contributed by atoms with Gasteiger partial charge in [-0.1, -0.05) is 140 Å². The van der Waals surface area contributed by atoms with Crippen molar-refractivity contribution in [2.75, 3.05) is 9.80 Å². The second kappa shape index (κ2) is 11.3. The Morgan fingerprint density at radius 2 is 0.745 bits per heavy atom. The van der Waals surface area contributed by atoms with Crippen LogP contribution in [0, 0.1) is 0 Å². The van der Waals surface area contributed by atoms with E-state index in [1.54, 1.807) is 0 Å². The van der Waals surface area contributed by atoms with Gasteiger partial charge >= 0.3 is 0 Å². The molecule has 2 aliphatic rings. The zero-order valence-electron chi connectivity index (χ0n) is 27.5. The first kappa shape index (κ1) is 28.9. The van der Waals surface area contributed by atoms with Gasteiger partial charge in [0.1, 0.15) is 0 Å². The number of benzene rings is 7. The van der Waals surface area contributed by atoms with Crippen molar-refractivity contribution in [1.29, 1.82) is 0 Å². The van der Waals surface area contributed by atoms with Crippen molar-refractivity contribution in [3.63, 3.8) is 0 Å². The molecule has 11 rings (SSSR count). The molecule has 2 aromatic heterocycles. The lowest BCUT2D eigenvalue weighted by atomic mass is 9.33. The van der Waals surface area contributed by atoms with Gasteiger partial charge in [-0.2, -0.15) is 0 Å². The molecule has 0 atom stereocenters. The second-order valence-corrected chi connectivity index (χ2v) is 15.3. The van der Waals surface area contributed by atoms with E-state index in [2.05, 4.69) is 186 Å². The molecule has 0 N–H and O–H groups in total. The summed E-state index contributed by atoms with van der Waals surface area (Å²) in [6.07, 6.45) is 0. The number of para-hydroxylation sites is 2. The summed E-state index contributed by atoms with van der Waals surface area (Å²) in [4.78, 5) is 7.71. The second-order valence-electron chi connectivity index (χ2n) is 13.2. The average molecular weight is 685 g/mol. The van der Waals surface area contributed by atoms with Gasteiger partial charge in [0, 0.05) is 42.9 Å². The summed E-state index contributed by atoms with van der Waals surface area (Å²) in [5.74, 6) is 0. The molecule has 5 heteroatoms. The lowest BCUT2D eigenvalue weighted by Gasteiger charge is -2.44. The largest absolute Gasteiger partial charge is 0.309 e. The fourth-order valence-corrected chi connectivity index (χ4v) is 10.8. The zero-order valence-corrected chi connectivity index (χ0v) is 29.2. The van der Waals surface area contributed by atoms with E-state index in [4.69, 9.17) is 0 Å². The first-order valence-corrected chi connectivity index (χ1v) is 19.0. The van der Waals surface area contributed by atoms with Crippen LogP contribution in [0.25, 0.3) is 41.1 Å². The molecule has 4 heterocycles. The number of rotatable bonds is 4. The van der Waals surface area contributed by atoms with Gasteiger partial charge in [0.2, 0.25) is 0 Å². The lowest BCUT2D eigenvalue weighted by molar-refractivity contribution is 1.27. The Balaban J connectivity index is 1.25. The molecule has 2 nitrogen and oxygen atoms in total. The third kappa shape index (κ3) is 4.23. The van der Waals surface area contributed by atoms with Gasteiger partial charge in [0.25, 0.3) is 6.71 Å². The van der Waals surface area contributed by atoms with Crippen LogP contribution in [0.4, 0.5) is 34.1 Å². The smallest absolute Gasteiger partial charge is 0.252 e. The number of hydrogen-bond acceptors (Lipinski definition) is 4. The van der Waals surface area contributed by atoms with Crippen molar-refractivity contribution >= 4 is 100 Å².